The summed E-state index contributed by atoms with van der Waals surface area (Å²) in [6, 6.07) is 0. The van der Waals surface area contributed by atoms with Crippen LogP contribution >= 0.6 is 15.9 Å². The lowest BCUT2D eigenvalue weighted by molar-refractivity contribution is 0.601. The molecule has 0 unspecified atom stereocenters. The van der Waals surface area contributed by atoms with Crippen LogP contribution in [0, 0.1) is 13.8 Å². The zero-order valence-corrected chi connectivity index (χ0v) is 13.9. The molecule has 0 atom stereocenters. The number of aryl methyl sites for hydroxylation is 3. The molecule has 2 rings (SSSR count). The molecule has 0 saturated carbocycles. The fourth-order valence-corrected chi connectivity index (χ4v) is 3.27. The van der Waals surface area contributed by atoms with E-state index in [2.05, 4.69) is 58.5 Å². The fraction of sp³-hybridized carbons (Fsp3) is 0.571. The zero-order chi connectivity index (χ0) is 14.2. The van der Waals surface area contributed by atoms with Crippen LogP contribution in [0.2, 0.25) is 0 Å². The molecule has 4 nitrogen and oxygen atoms in total. The van der Waals surface area contributed by atoms with Gasteiger partial charge in [0.2, 0.25) is 0 Å². The summed E-state index contributed by atoms with van der Waals surface area (Å²) in [4.78, 5) is 0. The van der Waals surface area contributed by atoms with Gasteiger partial charge in [0.05, 0.1) is 28.1 Å². The number of aromatic nitrogens is 4. The summed E-state index contributed by atoms with van der Waals surface area (Å²) in [7, 11) is 1.99. The van der Waals surface area contributed by atoms with Crippen molar-refractivity contribution in [3.05, 3.63) is 32.8 Å². The fourth-order valence-electron chi connectivity index (χ4n) is 2.53. The lowest BCUT2D eigenvalue weighted by Crippen LogP contribution is -2.09. The van der Waals surface area contributed by atoms with Crippen molar-refractivity contribution in [3.63, 3.8) is 0 Å². The van der Waals surface area contributed by atoms with Gasteiger partial charge in [-0.2, -0.15) is 10.2 Å². The molecule has 0 aliphatic heterocycles. The van der Waals surface area contributed by atoms with Gasteiger partial charge in [-0.3, -0.25) is 9.36 Å². The van der Waals surface area contributed by atoms with Crippen LogP contribution in [0.5, 0.6) is 0 Å². The third-order valence-electron chi connectivity index (χ3n) is 3.69. The second kappa shape index (κ2) is 5.49. The molecule has 0 amide bonds. The molecular formula is C14H21BrN4. The first-order chi connectivity index (χ1) is 8.99. The number of rotatable bonds is 4. The molecule has 0 aliphatic rings. The Bertz CT molecular complexity index is 595. The molecule has 0 saturated heterocycles. The molecule has 0 aromatic carbocycles. The first-order valence-corrected chi connectivity index (χ1v) is 7.51. The Labute approximate surface area is 122 Å². The Kier molecular flexibility index (Phi) is 4.13. The highest BCUT2D eigenvalue weighted by atomic mass is 79.9. The molecule has 2 heterocycles. The predicted molar refractivity (Wildman–Crippen MR) is 80.5 cm³/mol. The van der Waals surface area contributed by atoms with E-state index in [1.54, 1.807) is 0 Å². The smallest absolute Gasteiger partial charge is 0.0842 e. The minimum atomic E-state index is 0.761. The summed E-state index contributed by atoms with van der Waals surface area (Å²) in [5, 5.41) is 9.18. The van der Waals surface area contributed by atoms with E-state index in [1.165, 1.54) is 17.0 Å². The molecule has 0 aliphatic carbocycles. The van der Waals surface area contributed by atoms with E-state index in [9.17, 15) is 0 Å². The maximum absolute atomic E-state index is 4.65. The summed E-state index contributed by atoms with van der Waals surface area (Å²) in [5.74, 6) is 0. The average Bonchev–Trinajstić information content (AvgIpc) is 2.80. The Balaban J connectivity index is 2.39. The summed E-state index contributed by atoms with van der Waals surface area (Å²) in [6.07, 6.45) is 1.97. The summed E-state index contributed by atoms with van der Waals surface area (Å²) < 4.78 is 5.14. The summed E-state index contributed by atoms with van der Waals surface area (Å²) in [6.45, 7) is 9.28. The van der Waals surface area contributed by atoms with Gasteiger partial charge in [0.15, 0.2) is 0 Å². The number of hydrogen-bond acceptors (Lipinski definition) is 2. The van der Waals surface area contributed by atoms with Crippen molar-refractivity contribution in [3.8, 4) is 0 Å². The zero-order valence-electron chi connectivity index (χ0n) is 12.3. The Morgan fingerprint density at radius 3 is 2.26 bits per heavy atom. The van der Waals surface area contributed by atoms with E-state index in [4.69, 9.17) is 0 Å². The molecule has 2 aromatic heterocycles. The molecule has 0 fully saturated rings. The van der Waals surface area contributed by atoms with Gasteiger partial charge in [-0.25, -0.2) is 0 Å². The van der Waals surface area contributed by atoms with Crippen LogP contribution in [-0.2, 0) is 26.4 Å². The molecule has 5 heteroatoms. The molecule has 2 aromatic rings. The number of halogens is 1. The normalized spacial score (nSPS) is 11.3. The van der Waals surface area contributed by atoms with Crippen LogP contribution in [0.3, 0.4) is 0 Å². The molecule has 0 bridgehead atoms. The topological polar surface area (TPSA) is 35.6 Å². The second-order valence-corrected chi connectivity index (χ2v) is 5.64. The third kappa shape index (κ3) is 2.48. The Hall–Kier alpha value is -1.10. The maximum atomic E-state index is 4.65. The van der Waals surface area contributed by atoms with E-state index in [0.29, 0.717) is 0 Å². The van der Waals surface area contributed by atoms with Crippen molar-refractivity contribution in [1.82, 2.24) is 19.6 Å². The lowest BCUT2D eigenvalue weighted by atomic mass is 10.1. The van der Waals surface area contributed by atoms with Gasteiger partial charge in [-0.15, -0.1) is 0 Å². The minimum Gasteiger partial charge on any atom is -0.269 e. The molecular weight excluding hydrogens is 304 g/mol. The highest BCUT2D eigenvalue weighted by Crippen LogP contribution is 2.23. The number of nitrogens with zero attached hydrogens (tertiary/aromatic N) is 4. The Morgan fingerprint density at radius 1 is 1.11 bits per heavy atom. The van der Waals surface area contributed by atoms with Crippen molar-refractivity contribution in [2.45, 2.75) is 47.1 Å². The molecule has 0 spiro atoms. The second-order valence-electron chi connectivity index (χ2n) is 4.85. The highest BCUT2D eigenvalue weighted by molar-refractivity contribution is 9.10. The maximum Gasteiger partial charge on any atom is 0.0842 e. The number of hydrogen-bond donors (Lipinski definition) is 0. The van der Waals surface area contributed by atoms with E-state index in [0.717, 1.165) is 35.2 Å². The van der Waals surface area contributed by atoms with Gasteiger partial charge in [-0.05, 0) is 48.2 Å². The van der Waals surface area contributed by atoms with Gasteiger partial charge in [0.1, 0.15) is 0 Å². The third-order valence-corrected chi connectivity index (χ3v) is 4.60. The van der Waals surface area contributed by atoms with Gasteiger partial charge in [0, 0.05) is 12.7 Å². The van der Waals surface area contributed by atoms with Gasteiger partial charge < -0.3 is 0 Å². The first-order valence-electron chi connectivity index (χ1n) is 6.72. The lowest BCUT2D eigenvalue weighted by Gasteiger charge is -2.06. The van der Waals surface area contributed by atoms with E-state index < -0.39 is 0 Å². The van der Waals surface area contributed by atoms with E-state index >= 15 is 0 Å². The largest absolute Gasteiger partial charge is 0.269 e. The van der Waals surface area contributed by atoms with Crippen LogP contribution in [0.15, 0.2) is 4.47 Å². The molecule has 0 radical (unpaired) electrons. The van der Waals surface area contributed by atoms with E-state index in [-0.39, 0.29) is 0 Å². The van der Waals surface area contributed by atoms with Crippen molar-refractivity contribution < 1.29 is 0 Å². The molecule has 0 N–H and O–H groups in total. The first kappa shape index (κ1) is 14.3. The average molecular weight is 325 g/mol. The van der Waals surface area contributed by atoms with Crippen LogP contribution in [0.25, 0.3) is 0 Å². The quantitative estimate of drug-likeness (QED) is 0.865. The van der Waals surface area contributed by atoms with E-state index in [1.807, 2.05) is 11.7 Å². The van der Waals surface area contributed by atoms with Crippen molar-refractivity contribution in [2.24, 2.45) is 7.05 Å². The standard InChI is InChI=1S/C14H21BrN4/c1-6-11-9(3)16-19(10(11)4)8-13-14(15)12(7-2)17-18(13)5/h6-8H2,1-5H3. The van der Waals surface area contributed by atoms with Crippen LogP contribution in [0.4, 0.5) is 0 Å². The van der Waals surface area contributed by atoms with Gasteiger partial charge in [0.25, 0.3) is 0 Å². The highest BCUT2D eigenvalue weighted by Gasteiger charge is 2.16. The monoisotopic (exact) mass is 324 g/mol. The molecule has 19 heavy (non-hydrogen) atoms. The van der Waals surface area contributed by atoms with Crippen molar-refractivity contribution in [2.75, 3.05) is 0 Å². The predicted octanol–water partition coefficient (Wildman–Crippen LogP) is 3.17. The van der Waals surface area contributed by atoms with Gasteiger partial charge >= 0.3 is 0 Å². The van der Waals surface area contributed by atoms with Crippen LogP contribution in [0.1, 0.15) is 42.2 Å². The van der Waals surface area contributed by atoms with Crippen molar-refractivity contribution in [1.29, 1.82) is 0 Å². The van der Waals surface area contributed by atoms with Crippen LogP contribution < -0.4 is 0 Å². The van der Waals surface area contributed by atoms with Crippen LogP contribution in [-0.4, -0.2) is 19.6 Å². The summed E-state index contributed by atoms with van der Waals surface area (Å²) >= 11 is 3.66. The minimum absolute atomic E-state index is 0.761. The SMILES string of the molecule is CCc1nn(C)c(Cn2nc(C)c(CC)c2C)c1Br. The molecule has 104 valence electrons. The van der Waals surface area contributed by atoms with Crippen molar-refractivity contribution >= 4 is 15.9 Å². The van der Waals surface area contributed by atoms with Gasteiger partial charge in [-0.1, -0.05) is 13.8 Å². The summed E-state index contributed by atoms with van der Waals surface area (Å²) in [5.41, 5.74) is 6.02. The Morgan fingerprint density at radius 2 is 1.79 bits per heavy atom.